The molecule has 2 rings (SSSR count). The molecule has 0 aliphatic carbocycles. The first-order chi connectivity index (χ1) is 15.0. The molecule has 0 atom stereocenters. The number of nitrogens with one attached hydrogen (secondary N) is 1. The maximum atomic E-state index is 12.5. The summed E-state index contributed by atoms with van der Waals surface area (Å²) in [7, 11) is 1.59. The van der Waals surface area contributed by atoms with Crippen LogP contribution in [0.15, 0.2) is 36.4 Å². The minimum Gasteiger partial charge on any atom is -0.497 e. The molecule has 0 saturated heterocycles. The van der Waals surface area contributed by atoms with Gasteiger partial charge in [0.2, 0.25) is 5.75 Å². The molecule has 2 aromatic carbocycles. The Morgan fingerprint density at radius 2 is 1.45 bits per heavy atom. The van der Waals surface area contributed by atoms with Crippen LogP contribution in [0.2, 0.25) is 0 Å². The lowest BCUT2D eigenvalue weighted by Crippen LogP contribution is -2.28. The summed E-state index contributed by atoms with van der Waals surface area (Å²) in [5.41, 5.74) is 1.10. The second-order valence-electron chi connectivity index (χ2n) is 6.30. The predicted molar refractivity (Wildman–Crippen MR) is 115 cm³/mol. The van der Waals surface area contributed by atoms with E-state index in [1.165, 1.54) is 12.1 Å². The molecular formula is C23H29NO7. The first-order valence-electron chi connectivity index (χ1n) is 10.1. The van der Waals surface area contributed by atoms with Crippen LogP contribution in [0.5, 0.6) is 23.0 Å². The fourth-order valence-corrected chi connectivity index (χ4v) is 2.72. The van der Waals surface area contributed by atoms with E-state index in [4.69, 9.17) is 23.7 Å². The summed E-state index contributed by atoms with van der Waals surface area (Å²) in [6.45, 7) is 6.59. The van der Waals surface area contributed by atoms with E-state index in [1.54, 1.807) is 19.2 Å². The summed E-state index contributed by atoms with van der Waals surface area (Å²) in [6.07, 6.45) is 0. The molecular weight excluding hydrogens is 402 g/mol. The lowest BCUT2D eigenvalue weighted by Gasteiger charge is -2.16. The maximum Gasteiger partial charge on any atom is 0.338 e. The van der Waals surface area contributed by atoms with Crippen molar-refractivity contribution in [1.29, 1.82) is 0 Å². The molecule has 0 radical (unpaired) electrons. The van der Waals surface area contributed by atoms with Gasteiger partial charge in [-0.2, -0.15) is 0 Å². The SMILES string of the molecule is CCOc1cc(C(=O)OCC(=O)NCc2ccc(OC)cc2)cc(OCC)c1OCC. The van der Waals surface area contributed by atoms with Gasteiger partial charge in [-0.1, -0.05) is 12.1 Å². The van der Waals surface area contributed by atoms with Crippen molar-refractivity contribution < 1.29 is 33.3 Å². The smallest absolute Gasteiger partial charge is 0.338 e. The van der Waals surface area contributed by atoms with Crippen molar-refractivity contribution >= 4 is 11.9 Å². The van der Waals surface area contributed by atoms with Crippen LogP contribution >= 0.6 is 0 Å². The van der Waals surface area contributed by atoms with E-state index in [-0.39, 0.29) is 5.56 Å². The van der Waals surface area contributed by atoms with Crippen molar-refractivity contribution in [2.75, 3.05) is 33.5 Å². The monoisotopic (exact) mass is 431 g/mol. The minimum absolute atomic E-state index is 0.207. The zero-order valence-corrected chi connectivity index (χ0v) is 18.4. The van der Waals surface area contributed by atoms with Gasteiger partial charge in [-0.15, -0.1) is 0 Å². The normalized spacial score (nSPS) is 10.2. The highest BCUT2D eigenvalue weighted by Gasteiger charge is 2.19. The Hall–Kier alpha value is -3.42. The number of benzene rings is 2. The third-order valence-corrected chi connectivity index (χ3v) is 4.13. The third kappa shape index (κ3) is 7.09. The summed E-state index contributed by atoms with van der Waals surface area (Å²) in [5.74, 6) is 0.851. The van der Waals surface area contributed by atoms with E-state index in [9.17, 15) is 9.59 Å². The van der Waals surface area contributed by atoms with Crippen molar-refractivity contribution in [3.63, 3.8) is 0 Å². The van der Waals surface area contributed by atoms with Crippen LogP contribution in [-0.4, -0.2) is 45.4 Å². The Morgan fingerprint density at radius 1 is 0.871 bits per heavy atom. The molecule has 0 bridgehead atoms. The van der Waals surface area contributed by atoms with Crippen LogP contribution in [0.3, 0.4) is 0 Å². The third-order valence-electron chi connectivity index (χ3n) is 4.13. The molecule has 0 unspecified atom stereocenters. The van der Waals surface area contributed by atoms with Crippen molar-refractivity contribution in [2.24, 2.45) is 0 Å². The lowest BCUT2D eigenvalue weighted by atomic mass is 10.2. The standard InChI is InChI=1S/C23H29NO7/c1-5-28-19-12-17(13-20(29-6-2)22(19)30-7-3)23(26)31-15-21(25)24-14-16-8-10-18(27-4)11-9-16/h8-13H,5-7,14-15H2,1-4H3,(H,24,25). The van der Waals surface area contributed by atoms with Gasteiger partial charge < -0.3 is 29.0 Å². The molecule has 0 saturated carbocycles. The Kier molecular flexibility index (Phi) is 9.48. The Morgan fingerprint density at radius 3 is 1.97 bits per heavy atom. The van der Waals surface area contributed by atoms with E-state index in [1.807, 2.05) is 32.9 Å². The highest BCUT2D eigenvalue weighted by atomic mass is 16.5. The minimum atomic E-state index is -0.662. The average molecular weight is 431 g/mol. The number of carbonyl (C=O) groups is 2. The van der Waals surface area contributed by atoms with Crippen LogP contribution in [0, 0.1) is 0 Å². The summed E-state index contributed by atoms with van der Waals surface area (Å²) in [4.78, 5) is 24.6. The Labute approximate surface area is 182 Å². The van der Waals surface area contributed by atoms with E-state index < -0.39 is 18.5 Å². The molecule has 0 aliphatic rings. The molecule has 31 heavy (non-hydrogen) atoms. The molecule has 0 fully saturated rings. The fourth-order valence-electron chi connectivity index (χ4n) is 2.72. The van der Waals surface area contributed by atoms with Crippen LogP contribution in [0.4, 0.5) is 0 Å². The Bertz CT molecular complexity index is 838. The first-order valence-corrected chi connectivity index (χ1v) is 10.1. The number of rotatable bonds is 12. The number of amides is 1. The topological polar surface area (TPSA) is 92.3 Å². The van der Waals surface area contributed by atoms with Gasteiger partial charge >= 0.3 is 5.97 Å². The van der Waals surface area contributed by atoms with Crippen molar-refractivity contribution in [1.82, 2.24) is 5.32 Å². The molecule has 8 heteroatoms. The van der Waals surface area contributed by atoms with E-state index >= 15 is 0 Å². The summed E-state index contributed by atoms with van der Waals surface area (Å²) < 4.78 is 27.1. The molecule has 0 aromatic heterocycles. The molecule has 168 valence electrons. The maximum absolute atomic E-state index is 12.5. The van der Waals surface area contributed by atoms with Crippen LogP contribution in [-0.2, 0) is 16.1 Å². The zero-order valence-electron chi connectivity index (χ0n) is 18.4. The van der Waals surface area contributed by atoms with Gasteiger partial charge in [-0.3, -0.25) is 4.79 Å². The van der Waals surface area contributed by atoms with Crippen LogP contribution in [0.25, 0.3) is 0 Å². The fraction of sp³-hybridized carbons (Fsp3) is 0.391. The number of hydrogen-bond acceptors (Lipinski definition) is 7. The van der Waals surface area contributed by atoms with Crippen LogP contribution < -0.4 is 24.3 Å². The number of hydrogen-bond donors (Lipinski definition) is 1. The lowest BCUT2D eigenvalue weighted by molar-refractivity contribution is -0.124. The largest absolute Gasteiger partial charge is 0.497 e. The van der Waals surface area contributed by atoms with Gasteiger partial charge in [0.05, 0.1) is 32.5 Å². The molecule has 0 aliphatic heterocycles. The van der Waals surface area contributed by atoms with Gasteiger partial charge in [0.25, 0.3) is 5.91 Å². The van der Waals surface area contributed by atoms with Gasteiger partial charge in [0.1, 0.15) is 5.75 Å². The van der Waals surface area contributed by atoms with Crippen LogP contribution in [0.1, 0.15) is 36.7 Å². The van der Waals surface area contributed by atoms with Gasteiger partial charge in [0, 0.05) is 6.54 Å². The molecule has 2 aromatic rings. The number of ether oxygens (including phenoxy) is 5. The summed E-state index contributed by atoms with van der Waals surface area (Å²) in [6, 6.07) is 10.3. The van der Waals surface area contributed by atoms with E-state index in [2.05, 4.69) is 5.32 Å². The average Bonchev–Trinajstić information content (AvgIpc) is 2.78. The molecule has 1 amide bonds. The van der Waals surface area contributed by atoms with E-state index in [0.29, 0.717) is 43.6 Å². The molecule has 0 heterocycles. The highest BCUT2D eigenvalue weighted by molar-refractivity contribution is 5.92. The van der Waals surface area contributed by atoms with Gasteiger partial charge in [0.15, 0.2) is 18.1 Å². The summed E-state index contributed by atoms with van der Waals surface area (Å²) >= 11 is 0. The summed E-state index contributed by atoms with van der Waals surface area (Å²) in [5, 5.41) is 2.71. The van der Waals surface area contributed by atoms with Crippen molar-refractivity contribution in [2.45, 2.75) is 27.3 Å². The first kappa shape index (κ1) is 23.9. The number of esters is 1. The van der Waals surface area contributed by atoms with E-state index in [0.717, 1.165) is 11.3 Å². The highest BCUT2D eigenvalue weighted by Crippen LogP contribution is 2.39. The number of carbonyl (C=O) groups excluding carboxylic acids is 2. The second kappa shape index (κ2) is 12.3. The second-order valence-corrected chi connectivity index (χ2v) is 6.30. The molecule has 8 nitrogen and oxygen atoms in total. The molecule has 0 spiro atoms. The van der Waals surface area contributed by atoms with Crippen molar-refractivity contribution in [3.8, 4) is 23.0 Å². The zero-order chi connectivity index (χ0) is 22.6. The number of methoxy groups -OCH3 is 1. The van der Waals surface area contributed by atoms with Gasteiger partial charge in [-0.25, -0.2) is 4.79 Å². The predicted octanol–water partition coefficient (Wildman–Crippen LogP) is 3.36. The Balaban J connectivity index is 2.00. The van der Waals surface area contributed by atoms with Crippen molar-refractivity contribution in [3.05, 3.63) is 47.5 Å². The quantitative estimate of drug-likeness (QED) is 0.515. The molecule has 1 N–H and O–H groups in total. The van der Waals surface area contributed by atoms with Gasteiger partial charge in [-0.05, 0) is 50.6 Å².